The second kappa shape index (κ2) is 11.5. The number of rotatable bonds is 10. The van der Waals surface area contributed by atoms with Gasteiger partial charge in [0, 0.05) is 0 Å². The van der Waals surface area contributed by atoms with Gasteiger partial charge in [0.2, 0.25) is 0 Å². The average Bonchev–Trinajstić information content (AvgIpc) is 2.73. The number of carbonyl (C=O) groups is 2. The fourth-order valence-electron chi connectivity index (χ4n) is 2.84. The molecular formula is C23H24F4O4. The molecule has 0 radical (unpaired) electrons. The Kier molecular flexibility index (Phi) is 9.03. The van der Waals surface area contributed by atoms with Crippen LogP contribution in [0, 0.1) is 5.82 Å². The van der Waals surface area contributed by atoms with E-state index in [1.54, 1.807) is 0 Å². The van der Waals surface area contributed by atoms with Gasteiger partial charge in [-0.3, -0.25) is 0 Å². The fraction of sp³-hybridized carbons (Fsp3) is 0.391. The van der Waals surface area contributed by atoms with Gasteiger partial charge in [-0.25, -0.2) is 14.0 Å². The SMILES string of the molecule is CCCCCCCCOC(=O)c1ccc(C(=O)Oc2cccc(C(F)(F)F)c2F)cc1. The van der Waals surface area contributed by atoms with E-state index in [-0.39, 0.29) is 11.1 Å². The van der Waals surface area contributed by atoms with Crippen LogP contribution in [0.5, 0.6) is 5.75 Å². The minimum atomic E-state index is -4.91. The summed E-state index contributed by atoms with van der Waals surface area (Å²) in [6.45, 7) is 2.43. The standard InChI is InChI=1S/C23H24F4O4/c1-2-3-4-5-6-7-15-30-21(28)16-11-13-17(14-12-16)22(29)31-19-10-8-9-18(20(19)24)23(25,26)27/h8-14H,2-7,15H2,1H3. The second-order valence-corrected chi connectivity index (χ2v) is 6.99. The lowest BCUT2D eigenvalue weighted by Crippen LogP contribution is -2.13. The van der Waals surface area contributed by atoms with Crippen LogP contribution in [0.1, 0.15) is 71.7 Å². The molecule has 0 fully saturated rings. The van der Waals surface area contributed by atoms with E-state index in [0.717, 1.165) is 44.2 Å². The molecule has 0 saturated heterocycles. The minimum Gasteiger partial charge on any atom is -0.462 e. The van der Waals surface area contributed by atoms with Gasteiger partial charge in [-0.2, -0.15) is 13.2 Å². The van der Waals surface area contributed by atoms with Crippen LogP contribution in [0.4, 0.5) is 17.6 Å². The summed E-state index contributed by atoms with van der Waals surface area (Å²) in [5.74, 6) is -4.09. The molecule has 2 aromatic carbocycles. The first-order valence-corrected chi connectivity index (χ1v) is 10.1. The van der Waals surface area contributed by atoms with Crippen LogP contribution in [0.3, 0.4) is 0 Å². The van der Waals surface area contributed by atoms with Gasteiger partial charge >= 0.3 is 18.1 Å². The van der Waals surface area contributed by atoms with Gasteiger partial charge < -0.3 is 9.47 Å². The molecule has 0 aliphatic rings. The van der Waals surface area contributed by atoms with E-state index in [2.05, 4.69) is 6.92 Å². The molecule has 31 heavy (non-hydrogen) atoms. The lowest BCUT2D eigenvalue weighted by atomic mass is 10.1. The average molecular weight is 440 g/mol. The third-order valence-corrected chi connectivity index (χ3v) is 4.56. The monoisotopic (exact) mass is 440 g/mol. The predicted octanol–water partition coefficient (Wildman–Crippen LogP) is 6.58. The summed E-state index contributed by atoms with van der Waals surface area (Å²) in [5, 5.41) is 0. The van der Waals surface area contributed by atoms with Crippen molar-refractivity contribution >= 4 is 11.9 Å². The Hall–Kier alpha value is -2.90. The highest BCUT2D eigenvalue weighted by Crippen LogP contribution is 2.34. The van der Waals surface area contributed by atoms with Crippen molar-refractivity contribution in [3.8, 4) is 5.75 Å². The van der Waals surface area contributed by atoms with Crippen molar-refractivity contribution in [1.29, 1.82) is 0 Å². The van der Waals surface area contributed by atoms with E-state index in [0.29, 0.717) is 12.7 Å². The number of alkyl halides is 3. The number of benzene rings is 2. The Balaban J connectivity index is 1.90. The van der Waals surface area contributed by atoms with Gasteiger partial charge in [-0.1, -0.05) is 45.1 Å². The molecular weight excluding hydrogens is 416 g/mol. The maximum Gasteiger partial charge on any atom is 0.419 e. The summed E-state index contributed by atoms with van der Waals surface area (Å²) in [7, 11) is 0. The Morgan fingerprint density at radius 1 is 0.839 bits per heavy atom. The molecule has 0 aliphatic heterocycles. The number of ether oxygens (including phenoxy) is 2. The lowest BCUT2D eigenvalue weighted by molar-refractivity contribution is -0.140. The van der Waals surface area contributed by atoms with Crippen molar-refractivity contribution in [1.82, 2.24) is 0 Å². The molecule has 0 bridgehead atoms. The maximum absolute atomic E-state index is 14.0. The normalized spacial score (nSPS) is 11.3. The van der Waals surface area contributed by atoms with Crippen molar-refractivity contribution in [2.75, 3.05) is 6.61 Å². The van der Waals surface area contributed by atoms with Gasteiger partial charge in [-0.15, -0.1) is 0 Å². The number of carbonyl (C=O) groups excluding carboxylic acids is 2. The van der Waals surface area contributed by atoms with Crippen LogP contribution < -0.4 is 4.74 Å². The fourth-order valence-corrected chi connectivity index (χ4v) is 2.84. The summed E-state index contributed by atoms with van der Waals surface area (Å²) in [5.41, 5.74) is -1.36. The zero-order chi connectivity index (χ0) is 22.9. The molecule has 0 saturated carbocycles. The first-order valence-electron chi connectivity index (χ1n) is 10.1. The molecule has 4 nitrogen and oxygen atoms in total. The van der Waals surface area contributed by atoms with Gasteiger partial charge in [0.25, 0.3) is 0 Å². The summed E-state index contributed by atoms with van der Waals surface area (Å²) >= 11 is 0. The predicted molar refractivity (Wildman–Crippen MR) is 106 cm³/mol. The van der Waals surface area contributed by atoms with Crippen LogP contribution in [0.25, 0.3) is 0 Å². The topological polar surface area (TPSA) is 52.6 Å². The van der Waals surface area contributed by atoms with E-state index in [9.17, 15) is 27.2 Å². The van der Waals surface area contributed by atoms with E-state index < -0.39 is 35.2 Å². The molecule has 8 heteroatoms. The molecule has 0 N–H and O–H groups in total. The largest absolute Gasteiger partial charge is 0.462 e. The first-order chi connectivity index (χ1) is 14.7. The van der Waals surface area contributed by atoms with E-state index in [1.807, 2.05) is 0 Å². The van der Waals surface area contributed by atoms with Crippen molar-refractivity contribution in [2.24, 2.45) is 0 Å². The molecule has 0 spiro atoms. The molecule has 0 aliphatic carbocycles. The first kappa shape index (κ1) is 24.4. The van der Waals surface area contributed by atoms with Gasteiger partial charge in [0.05, 0.1) is 23.3 Å². The van der Waals surface area contributed by atoms with Crippen molar-refractivity contribution in [2.45, 2.75) is 51.6 Å². The van der Waals surface area contributed by atoms with Crippen LogP contribution in [-0.2, 0) is 10.9 Å². The van der Waals surface area contributed by atoms with Crippen LogP contribution in [-0.4, -0.2) is 18.5 Å². The molecule has 0 aromatic heterocycles. The molecule has 168 valence electrons. The van der Waals surface area contributed by atoms with Crippen molar-refractivity contribution < 1.29 is 36.6 Å². The third-order valence-electron chi connectivity index (χ3n) is 4.56. The number of unbranched alkanes of at least 4 members (excludes halogenated alkanes) is 5. The Morgan fingerprint density at radius 2 is 1.42 bits per heavy atom. The van der Waals surface area contributed by atoms with E-state index in [4.69, 9.17) is 9.47 Å². The highest BCUT2D eigenvalue weighted by molar-refractivity contribution is 5.94. The zero-order valence-corrected chi connectivity index (χ0v) is 17.1. The molecule has 2 rings (SSSR count). The summed E-state index contributed by atoms with van der Waals surface area (Å²) in [4.78, 5) is 24.2. The van der Waals surface area contributed by atoms with Crippen LogP contribution >= 0.6 is 0 Å². The molecule has 0 amide bonds. The zero-order valence-electron chi connectivity index (χ0n) is 17.1. The second-order valence-electron chi connectivity index (χ2n) is 6.99. The summed E-state index contributed by atoms with van der Waals surface area (Å²) in [6, 6.07) is 7.61. The Labute approximate surface area is 178 Å². The maximum atomic E-state index is 14.0. The quantitative estimate of drug-likeness (QED) is 0.181. The minimum absolute atomic E-state index is 0.0516. The highest BCUT2D eigenvalue weighted by atomic mass is 19.4. The molecule has 0 unspecified atom stereocenters. The summed E-state index contributed by atoms with van der Waals surface area (Å²) in [6.07, 6.45) is 1.43. The van der Waals surface area contributed by atoms with Gasteiger partial charge in [0.1, 0.15) is 0 Å². The van der Waals surface area contributed by atoms with Gasteiger partial charge in [0.15, 0.2) is 11.6 Å². The van der Waals surface area contributed by atoms with Crippen LogP contribution in [0.15, 0.2) is 42.5 Å². The van der Waals surface area contributed by atoms with E-state index in [1.165, 1.54) is 30.7 Å². The van der Waals surface area contributed by atoms with Crippen LogP contribution in [0.2, 0.25) is 0 Å². The summed E-state index contributed by atoms with van der Waals surface area (Å²) < 4.78 is 62.2. The van der Waals surface area contributed by atoms with Crippen molar-refractivity contribution in [3.63, 3.8) is 0 Å². The molecule has 0 atom stereocenters. The molecule has 2 aromatic rings. The smallest absolute Gasteiger partial charge is 0.419 e. The van der Waals surface area contributed by atoms with Crippen molar-refractivity contribution in [3.05, 3.63) is 65.0 Å². The number of esters is 2. The Morgan fingerprint density at radius 3 is 2.03 bits per heavy atom. The lowest BCUT2D eigenvalue weighted by Gasteiger charge is -2.11. The highest BCUT2D eigenvalue weighted by Gasteiger charge is 2.35. The van der Waals surface area contributed by atoms with Gasteiger partial charge in [-0.05, 0) is 42.8 Å². The number of hydrogen-bond acceptors (Lipinski definition) is 4. The Bertz CT molecular complexity index is 876. The van der Waals surface area contributed by atoms with E-state index >= 15 is 0 Å². The number of hydrogen-bond donors (Lipinski definition) is 0. The molecule has 0 heterocycles. The number of halogens is 4. The third kappa shape index (κ3) is 7.38.